The van der Waals surface area contributed by atoms with Crippen LogP contribution in [0.5, 0.6) is 0 Å². The third-order valence-electron chi connectivity index (χ3n) is 5.67. The number of nitrogens with zero attached hydrogens (tertiary/aromatic N) is 3. The lowest BCUT2D eigenvalue weighted by Gasteiger charge is -2.31. The molecular weight excluding hydrogens is 374 g/mol. The van der Waals surface area contributed by atoms with E-state index < -0.39 is 0 Å². The maximum atomic E-state index is 12.8. The van der Waals surface area contributed by atoms with Gasteiger partial charge in [-0.2, -0.15) is 0 Å². The largest absolute Gasteiger partial charge is 0.357 e. The molecule has 1 fully saturated rings. The molecule has 2 N–H and O–H groups in total. The molecule has 0 atom stereocenters. The van der Waals surface area contributed by atoms with Crippen LogP contribution < -0.4 is 10.6 Å². The first-order chi connectivity index (χ1) is 14.5. The Labute approximate surface area is 179 Å². The van der Waals surface area contributed by atoms with Gasteiger partial charge in [-0.3, -0.25) is 9.78 Å². The summed E-state index contributed by atoms with van der Waals surface area (Å²) in [6.45, 7) is 4.00. The Morgan fingerprint density at radius 3 is 2.60 bits per heavy atom. The maximum absolute atomic E-state index is 12.8. The van der Waals surface area contributed by atoms with Gasteiger partial charge in [0.1, 0.15) is 0 Å². The molecule has 1 amide bonds. The van der Waals surface area contributed by atoms with Crippen LogP contribution in [0.15, 0.2) is 53.7 Å². The molecule has 0 aliphatic heterocycles. The minimum Gasteiger partial charge on any atom is -0.357 e. The number of benzene rings is 1. The first-order valence-corrected chi connectivity index (χ1v) is 10.8. The Bertz CT molecular complexity index is 857. The Morgan fingerprint density at radius 1 is 1.13 bits per heavy atom. The van der Waals surface area contributed by atoms with Gasteiger partial charge in [0.25, 0.3) is 0 Å². The summed E-state index contributed by atoms with van der Waals surface area (Å²) in [5.41, 5.74) is 2.84. The predicted molar refractivity (Wildman–Crippen MR) is 122 cm³/mol. The smallest absolute Gasteiger partial charge is 0.230 e. The number of amides is 1. The molecule has 0 radical (unpaired) electrons. The highest BCUT2D eigenvalue weighted by molar-refractivity contribution is 5.85. The fraction of sp³-hybridized carbons (Fsp3) is 0.458. The fourth-order valence-corrected chi connectivity index (χ4v) is 4.12. The van der Waals surface area contributed by atoms with Crippen LogP contribution in [0, 0.1) is 5.41 Å². The van der Waals surface area contributed by atoms with E-state index in [0.717, 1.165) is 55.0 Å². The minimum absolute atomic E-state index is 0.214. The number of aliphatic imine (C=N–C) groups is 1. The van der Waals surface area contributed by atoms with E-state index in [1.54, 1.807) is 11.1 Å². The Balaban J connectivity index is 1.70. The second-order valence-electron chi connectivity index (χ2n) is 8.15. The molecule has 1 aliphatic rings. The summed E-state index contributed by atoms with van der Waals surface area (Å²) in [7, 11) is 3.69. The van der Waals surface area contributed by atoms with Gasteiger partial charge in [0, 0.05) is 38.9 Å². The molecule has 6 nitrogen and oxygen atoms in total. The van der Waals surface area contributed by atoms with E-state index in [1.165, 1.54) is 0 Å². The highest BCUT2D eigenvalue weighted by atomic mass is 16.2. The summed E-state index contributed by atoms with van der Waals surface area (Å²) in [6.07, 6.45) is 5.89. The van der Waals surface area contributed by atoms with Crippen LogP contribution in [0.25, 0.3) is 11.3 Å². The summed E-state index contributed by atoms with van der Waals surface area (Å²) in [4.78, 5) is 23.7. The van der Waals surface area contributed by atoms with E-state index in [4.69, 9.17) is 4.99 Å². The molecule has 1 aromatic carbocycles. The number of hydrogen-bond acceptors (Lipinski definition) is 3. The van der Waals surface area contributed by atoms with Gasteiger partial charge in [-0.05, 0) is 43.5 Å². The first kappa shape index (κ1) is 21.8. The van der Waals surface area contributed by atoms with Gasteiger partial charge in [-0.1, -0.05) is 37.1 Å². The van der Waals surface area contributed by atoms with E-state index >= 15 is 0 Å². The van der Waals surface area contributed by atoms with Crippen LogP contribution in [0.1, 0.15) is 38.2 Å². The number of pyridine rings is 1. The second kappa shape index (κ2) is 10.2. The van der Waals surface area contributed by atoms with E-state index in [2.05, 4.69) is 40.7 Å². The van der Waals surface area contributed by atoms with Crippen molar-refractivity contribution in [2.45, 2.75) is 39.2 Å². The number of hydrogen-bond donors (Lipinski definition) is 2. The van der Waals surface area contributed by atoms with Crippen LogP contribution in [0.4, 0.5) is 0 Å². The van der Waals surface area contributed by atoms with Gasteiger partial charge in [0.15, 0.2) is 5.96 Å². The zero-order valence-electron chi connectivity index (χ0n) is 18.3. The van der Waals surface area contributed by atoms with E-state index in [-0.39, 0.29) is 11.3 Å². The number of carbonyl (C=O) groups is 1. The number of rotatable bonds is 7. The monoisotopic (exact) mass is 407 g/mol. The van der Waals surface area contributed by atoms with E-state index in [0.29, 0.717) is 13.1 Å². The lowest BCUT2D eigenvalue weighted by molar-refractivity contribution is -0.138. The summed E-state index contributed by atoms with van der Waals surface area (Å²) < 4.78 is 0. The van der Waals surface area contributed by atoms with Crippen molar-refractivity contribution < 1.29 is 4.79 Å². The van der Waals surface area contributed by atoms with Gasteiger partial charge in [0.2, 0.25) is 5.91 Å². The van der Waals surface area contributed by atoms with Crippen LogP contribution in [-0.2, 0) is 11.3 Å². The van der Waals surface area contributed by atoms with Crippen LogP contribution in [0.3, 0.4) is 0 Å². The summed E-state index contributed by atoms with van der Waals surface area (Å²) in [6, 6.07) is 14.2. The van der Waals surface area contributed by atoms with Crippen molar-refractivity contribution in [3.8, 4) is 11.3 Å². The molecule has 1 saturated carbocycles. The predicted octanol–water partition coefficient (Wildman–Crippen LogP) is 3.45. The normalized spacial score (nSPS) is 15.6. The molecule has 30 heavy (non-hydrogen) atoms. The topological polar surface area (TPSA) is 69.6 Å². The Hall–Kier alpha value is -2.89. The molecule has 0 spiro atoms. The summed E-state index contributed by atoms with van der Waals surface area (Å²) in [5.74, 6) is 0.963. The van der Waals surface area contributed by atoms with Crippen molar-refractivity contribution in [3.63, 3.8) is 0 Å². The van der Waals surface area contributed by atoms with Crippen molar-refractivity contribution in [1.82, 2.24) is 20.5 Å². The fourth-order valence-electron chi connectivity index (χ4n) is 4.12. The van der Waals surface area contributed by atoms with Crippen molar-refractivity contribution in [2.75, 3.05) is 27.2 Å². The van der Waals surface area contributed by atoms with Crippen LogP contribution in [0.2, 0.25) is 0 Å². The molecule has 2 aromatic rings. The summed E-state index contributed by atoms with van der Waals surface area (Å²) in [5, 5.41) is 6.74. The maximum Gasteiger partial charge on any atom is 0.230 e. The molecule has 1 heterocycles. The quantitative estimate of drug-likeness (QED) is 0.545. The number of aromatic nitrogens is 1. The number of carbonyl (C=O) groups excluding carboxylic acids is 1. The SMILES string of the molecule is CCNC(=NCc1cccc(-c2ccccn2)c1)NCC1(C(=O)N(C)C)CCCC1. The molecule has 6 heteroatoms. The lowest BCUT2D eigenvalue weighted by Crippen LogP contribution is -2.49. The first-order valence-electron chi connectivity index (χ1n) is 10.8. The number of nitrogens with one attached hydrogen (secondary N) is 2. The minimum atomic E-state index is -0.321. The van der Waals surface area contributed by atoms with Crippen molar-refractivity contribution >= 4 is 11.9 Å². The van der Waals surface area contributed by atoms with Crippen LogP contribution >= 0.6 is 0 Å². The van der Waals surface area contributed by atoms with Crippen molar-refractivity contribution in [1.29, 1.82) is 0 Å². The van der Waals surface area contributed by atoms with Crippen molar-refractivity contribution in [3.05, 3.63) is 54.2 Å². The molecule has 1 aromatic heterocycles. The number of guanidine groups is 1. The zero-order valence-corrected chi connectivity index (χ0v) is 18.3. The van der Waals surface area contributed by atoms with E-state index in [1.807, 2.05) is 38.4 Å². The average molecular weight is 408 g/mol. The van der Waals surface area contributed by atoms with Gasteiger partial charge in [-0.25, -0.2) is 4.99 Å². The van der Waals surface area contributed by atoms with Gasteiger partial charge < -0.3 is 15.5 Å². The Kier molecular flexibility index (Phi) is 7.44. The van der Waals surface area contributed by atoms with Crippen molar-refractivity contribution in [2.24, 2.45) is 10.4 Å². The van der Waals surface area contributed by atoms with Gasteiger partial charge in [0.05, 0.1) is 17.7 Å². The average Bonchev–Trinajstić information content (AvgIpc) is 3.26. The molecule has 0 bridgehead atoms. The summed E-state index contributed by atoms with van der Waals surface area (Å²) >= 11 is 0. The molecular formula is C24H33N5O. The third kappa shape index (κ3) is 5.38. The zero-order chi connectivity index (χ0) is 21.4. The second-order valence-corrected chi connectivity index (χ2v) is 8.15. The molecule has 1 aliphatic carbocycles. The lowest BCUT2D eigenvalue weighted by atomic mass is 9.84. The van der Waals surface area contributed by atoms with Gasteiger partial charge >= 0.3 is 0 Å². The van der Waals surface area contributed by atoms with Crippen LogP contribution in [-0.4, -0.2) is 48.9 Å². The highest BCUT2D eigenvalue weighted by Crippen LogP contribution is 2.38. The molecule has 0 unspecified atom stereocenters. The molecule has 160 valence electrons. The van der Waals surface area contributed by atoms with Gasteiger partial charge in [-0.15, -0.1) is 0 Å². The molecule has 0 saturated heterocycles. The third-order valence-corrected chi connectivity index (χ3v) is 5.67. The Morgan fingerprint density at radius 2 is 1.93 bits per heavy atom. The standard InChI is InChI=1S/C24H33N5O/c1-4-25-23(28-18-24(13-6-7-14-24)22(30)29(2)3)27-17-19-10-9-11-20(16-19)21-12-5-8-15-26-21/h5,8-12,15-16H,4,6-7,13-14,17-18H2,1-3H3,(H2,25,27,28). The molecule has 3 rings (SSSR count). The highest BCUT2D eigenvalue weighted by Gasteiger charge is 2.42. The van der Waals surface area contributed by atoms with E-state index in [9.17, 15) is 4.79 Å².